The van der Waals surface area contributed by atoms with Gasteiger partial charge < -0.3 is 19.9 Å². The maximum absolute atomic E-state index is 12.8. The van der Waals surface area contributed by atoms with E-state index in [-0.39, 0.29) is 5.91 Å². The van der Waals surface area contributed by atoms with Crippen LogP contribution >= 0.6 is 0 Å². The number of imidazole rings is 1. The van der Waals surface area contributed by atoms with Crippen molar-refractivity contribution in [2.75, 3.05) is 5.32 Å². The summed E-state index contributed by atoms with van der Waals surface area (Å²) in [5, 5.41) is 8.17. The summed E-state index contributed by atoms with van der Waals surface area (Å²) in [6.45, 7) is 10.4. The monoisotopic (exact) mass is 423 g/mol. The van der Waals surface area contributed by atoms with Crippen molar-refractivity contribution in [3.05, 3.63) is 89.8 Å². The molecule has 1 amide bonds. The molecule has 2 heterocycles. The van der Waals surface area contributed by atoms with E-state index in [4.69, 9.17) is 11.3 Å². The van der Waals surface area contributed by atoms with Gasteiger partial charge in [-0.25, -0.2) is 9.83 Å². The first kappa shape index (κ1) is 19.8. The van der Waals surface area contributed by atoms with Crippen molar-refractivity contribution < 1.29 is 9.53 Å². The van der Waals surface area contributed by atoms with Gasteiger partial charge in [-0.3, -0.25) is 4.79 Å². The summed E-state index contributed by atoms with van der Waals surface area (Å²) >= 11 is 0. The maximum Gasteiger partial charge on any atom is 0.241 e. The number of aromatic nitrogens is 2. The van der Waals surface area contributed by atoms with Crippen molar-refractivity contribution >= 4 is 28.1 Å². The van der Waals surface area contributed by atoms with Crippen LogP contribution in [0.25, 0.3) is 15.6 Å². The van der Waals surface area contributed by atoms with E-state index in [0.29, 0.717) is 36.0 Å². The second-order valence-electron chi connectivity index (χ2n) is 7.81. The number of ether oxygens (including phenoxy) is 1. The highest BCUT2D eigenvalue weighted by atomic mass is 16.5. The molecule has 2 N–H and O–H groups in total. The quantitative estimate of drug-likeness (QED) is 0.396. The van der Waals surface area contributed by atoms with Crippen LogP contribution in [0.1, 0.15) is 18.2 Å². The molecule has 1 unspecified atom stereocenters. The molecule has 158 valence electrons. The van der Waals surface area contributed by atoms with Crippen molar-refractivity contribution in [2.24, 2.45) is 0 Å². The molecule has 0 saturated carbocycles. The molecule has 7 heteroatoms. The van der Waals surface area contributed by atoms with Crippen LogP contribution in [0.5, 0.6) is 11.5 Å². The standard InChI is InChI=1S/C25H21N5O2/c1-16-25(31)29-22-5-3-4-18-7-8-20(11-21(18)22)32-24-10-17(6-9-23(24)26-2)14-30-15-27-12-19(30)13-28-16/h3-12,15-16,28H,13-14H2,1H3,(H,29,31). The van der Waals surface area contributed by atoms with Crippen LogP contribution in [0.3, 0.4) is 0 Å². The average molecular weight is 423 g/mol. The lowest BCUT2D eigenvalue weighted by atomic mass is 10.1. The van der Waals surface area contributed by atoms with E-state index < -0.39 is 6.04 Å². The highest BCUT2D eigenvalue weighted by Crippen LogP contribution is 2.35. The summed E-state index contributed by atoms with van der Waals surface area (Å²) in [5.74, 6) is 0.976. The third-order valence-corrected chi connectivity index (χ3v) is 5.62. The number of rotatable bonds is 0. The van der Waals surface area contributed by atoms with Gasteiger partial charge in [-0.05, 0) is 42.1 Å². The van der Waals surface area contributed by atoms with E-state index in [1.807, 2.05) is 60.0 Å². The van der Waals surface area contributed by atoms with Gasteiger partial charge in [-0.15, -0.1) is 0 Å². The minimum atomic E-state index is -0.398. The number of hydrogen-bond acceptors (Lipinski definition) is 4. The van der Waals surface area contributed by atoms with Crippen LogP contribution in [-0.2, 0) is 17.9 Å². The third kappa shape index (κ3) is 3.80. The number of hydrogen-bond donors (Lipinski definition) is 2. The first-order valence-corrected chi connectivity index (χ1v) is 10.3. The van der Waals surface area contributed by atoms with E-state index in [0.717, 1.165) is 22.0 Å². The summed E-state index contributed by atoms with van der Waals surface area (Å²) in [4.78, 5) is 20.7. The van der Waals surface area contributed by atoms with Crippen LogP contribution < -0.4 is 15.4 Å². The zero-order valence-corrected chi connectivity index (χ0v) is 17.5. The molecular formula is C25H21N5O2. The average Bonchev–Trinajstić information content (AvgIpc) is 3.24. The van der Waals surface area contributed by atoms with E-state index in [1.54, 1.807) is 18.6 Å². The number of fused-ring (bicyclic) bond motifs is 4. The van der Waals surface area contributed by atoms with Gasteiger partial charge in [0.1, 0.15) is 11.5 Å². The molecular weight excluding hydrogens is 402 g/mol. The molecule has 5 rings (SSSR count). The van der Waals surface area contributed by atoms with Crippen LogP contribution in [0, 0.1) is 6.57 Å². The predicted molar refractivity (Wildman–Crippen MR) is 123 cm³/mol. The Morgan fingerprint density at radius 3 is 2.97 bits per heavy atom. The number of benzene rings is 3. The Morgan fingerprint density at radius 2 is 2.09 bits per heavy atom. The lowest BCUT2D eigenvalue weighted by Gasteiger charge is -2.18. The number of amides is 1. The second kappa shape index (κ2) is 8.17. The fraction of sp³-hybridized carbons (Fsp3) is 0.160. The molecule has 1 aliphatic heterocycles. The Kier molecular flexibility index (Phi) is 5.06. The van der Waals surface area contributed by atoms with Gasteiger partial charge in [0.05, 0.1) is 24.6 Å². The van der Waals surface area contributed by atoms with Gasteiger partial charge in [0.15, 0.2) is 0 Å². The first-order chi connectivity index (χ1) is 15.6. The topological polar surface area (TPSA) is 72.5 Å². The van der Waals surface area contributed by atoms with E-state index in [9.17, 15) is 4.79 Å². The molecule has 0 aliphatic carbocycles. The van der Waals surface area contributed by atoms with Crippen molar-refractivity contribution in [2.45, 2.75) is 26.1 Å². The normalized spacial score (nSPS) is 16.1. The summed E-state index contributed by atoms with van der Waals surface area (Å²) in [5.41, 5.74) is 3.10. The van der Waals surface area contributed by atoms with Gasteiger partial charge in [0, 0.05) is 30.4 Å². The van der Waals surface area contributed by atoms with Gasteiger partial charge in [0.25, 0.3) is 0 Å². The maximum atomic E-state index is 12.8. The number of nitrogens with one attached hydrogen (secondary N) is 2. The highest BCUT2D eigenvalue weighted by Gasteiger charge is 2.16. The largest absolute Gasteiger partial charge is 0.468 e. The summed E-state index contributed by atoms with van der Waals surface area (Å²) in [6.07, 6.45) is 3.55. The molecule has 0 radical (unpaired) electrons. The minimum Gasteiger partial charge on any atom is -0.468 e. The highest BCUT2D eigenvalue weighted by molar-refractivity contribution is 6.04. The van der Waals surface area contributed by atoms with Gasteiger partial charge >= 0.3 is 0 Å². The molecule has 32 heavy (non-hydrogen) atoms. The van der Waals surface area contributed by atoms with E-state index in [2.05, 4.69) is 20.5 Å². The summed E-state index contributed by atoms with van der Waals surface area (Å²) < 4.78 is 8.17. The SMILES string of the molecule is [C-]#[N+]c1ccc2cc1Oc1ccc3cccc(c3c1)NC(=O)C(C)NCc1cncn1C2. The molecule has 4 aromatic rings. The first-order valence-electron chi connectivity index (χ1n) is 10.3. The lowest BCUT2D eigenvalue weighted by Crippen LogP contribution is -2.38. The Hall–Kier alpha value is -4.15. The zero-order chi connectivity index (χ0) is 22.1. The second-order valence-corrected chi connectivity index (χ2v) is 7.81. The zero-order valence-electron chi connectivity index (χ0n) is 17.5. The molecule has 4 bridgehead atoms. The van der Waals surface area contributed by atoms with Crippen LogP contribution in [0.2, 0.25) is 0 Å². The van der Waals surface area contributed by atoms with Crippen molar-refractivity contribution in [1.82, 2.24) is 14.9 Å². The third-order valence-electron chi connectivity index (χ3n) is 5.62. The number of anilines is 1. The van der Waals surface area contributed by atoms with Gasteiger partial charge in [-0.1, -0.05) is 30.3 Å². The number of carbonyl (C=O) groups is 1. The fourth-order valence-electron chi connectivity index (χ4n) is 3.81. The Morgan fingerprint density at radius 1 is 1.19 bits per heavy atom. The Bertz CT molecular complexity index is 1370. The lowest BCUT2D eigenvalue weighted by molar-refractivity contribution is -0.117. The fourth-order valence-corrected chi connectivity index (χ4v) is 3.81. The van der Waals surface area contributed by atoms with Gasteiger partial charge in [-0.2, -0.15) is 0 Å². The van der Waals surface area contributed by atoms with Crippen molar-refractivity contribution in [3.8, 4) is 11.5 Å². The Labute approximate surface area is 185 Å². The van der Waals surface area contributed by atoms with Crippen molar-refractivity contribution in [3.63, 3.8) is 0 Å². The molecule has 1 aliphatic rings. The van der Waals surface area contributed by atoms with E-state index >= 15 is 0 Å². The molecule has 0 spiro atoms. The van der Waals surface area contributed by atoms with Crippen LogP contribution in [0.15, 0.2) is 67.1 Å². The smallest absolute Gasteiger partial charge is 0.241 e. The van der Waals surface area contributed by atoms with E-state index in [1.165, 1.54) is 0 Å². The minimum absolute atomic E-state index is 0.123. The molecule has 7 nitrogen and oxygen atoms in total. The summed E-state index contributed by atoms with van der Waals surface area (Å²) in [6, 6.07) is 16.7. The molecule has 3 aromatic carbocycles. The molecule has 1 aromatic heterocycles. The number of nitrogens with zero attached hydrogens (tertiary/aromatic N) is 3. The summed E-state index contributed by atoms with van der Waals surface area (Å²) in [7, 11) is 0. The number of carbonyl (C=O) groups excluding carboxylic acids is 1. The van der Waals surface area contributed by atoms with Gasteiger partial charge in [0.2, 0.25) is 11.6 Å². The van der Waals surface area contributed by atoms with Crippen LogP contribution in [-0.4, -0.2) is 21.5 Å². The molecule has 0 fully saturated rings. The van der Waals surface area contributed by atoms with Crippen molar-refractivity contribution in [1.29, 1.82) is 0 Å². The molecule has 0 saturated heterocycles. The Balaban J connectivity index is 1.63. The molecule has 1 atom stereocenters. The predicted octanol–water partition coefficient (Wildman–Crippen LogP) is 4.86. The van der Waals surface area contributed by atoms with Crippen LogP contribution in [0.4, 0.5) is 11.4 Å².